The molecule has 1 aromatic rings. The van der Waals surface area contributed by atoms with Crippen LogP contribution in [-0.2, 0) is 0 Å². The topological polar surface area (TPSA) is 51.4 Å². The van der Waals surface area contributed by atoms with Crippen molar-refractivity contribution in [3.8, 4) is 5.75 Å². The molecule has 4 heteroatoms. The van der Waals surface area contributed by atoms with Crippen molar-refractivity contribution in [3.63, 3.8) is 0 Å². The Bertz CT molecular complexity index is 344. The van der Waals surface area contributed by atoms with Crippen LogP contribution in [-0.4, -0.2) is 35.1 Å². The van der Waals surface area contributed by atoms with E-state index in [0.717, 1.165) is 12.3 Å². The molecule has 16 heavy (non-hydrogen) atoms. The van der Waals surface area contributed by atoms with E-state index in [4.69, 9.17) is 10.5 Å². The van der Waals surface area contributed by atoms with Gasteiger partial charge in [0.2, 0.25) is 0 Å². The predicted molar refractivity (Wildman–Crippen MR) is 64.4 cm³/mol. The first-order valence-corrected chi connectivity index (χ1v) is 5.68. The zero-order valence-electron chi connectivity index (χ0n) is 9.94. The number of aromatic nitrogens is 1. The van der Waals surface area contributed by atoms with Gasteiger partial charge in [-0.25, -0.2) is 4.98 Å². The van der Waals surface area contributed by atoms with Crippen molar-refractivity contribution in [1.82, 2.24) is 9.88 Å². The van der Waals surface area contributed by atoms with Crippen molar-refractivity contribution in [1.29, 1.82) is 0 Å². The van der Waals surface area contributed by atoms with Crippen LogP contribution in [0.2, 0.25) is 0 Å². The van der Waals surface area contributed by atoms with E-state index in [1.165, 1.54) is 19.5 Å². The van der Waals surface area contributed by atoms with E-state index < -0.39 is 0 Å². The number of anilines is 1. The van der Waals surface area contributed by atoms with Gasteiger partial charge in [0.05, 0.1) is 6.20 Å². The standard InChI is InChI=1S/C12H19N3O/c1-12(2,9-15-6-3-7-15)16-10-4-5-11(13)14-8-10/h4-5,8H,3,6-7,9H2,1-2H3,(H2,13,14). The molecular formula is C12H19N3O. The average molecular weight is 221 g/mol. The molecule has 1 saturated heterocycles. The zero-order chi connectivity index (χ0) is 11.6. The Morgan fingerprint density at radius 2 is 2.19 bits per heavy atom. The molecule has 1 aliphatic rings. The van der Waals surface area contributed by atoms with Gasteiger partial charge in [-0.2, -0.15) is 0 Å². The molecule has 0 aromatic carbocycles. The van der Waals surface area contributed by atoms with Gasteiger partial charge in [0.25, 0.3) is 0 Å². The van der Waals surface area contributed by atoms with Crippen LogP contribution in [0.3, 0.4) is 0 Å². The first kappa shape index (κ1) is 11.2. The third kappa shape index (κ3) is 2.85. The highest BCUT2D eigenvalue weighted by molar-refractivity contribution is 5.32. The van der Waals surface area contributed by atoms with Crippen molar-refractivity contribution in [2.24, 2.45) is 0 Å². The summed E-state index contributed by atoms with van der Waals surface area (Å²) in [7, 11) is 0. The van der Waals surface area contributed by atoms with Gasteiger partial charge >= 0.3 is 0 Å². The number of ether oxygens (including phenoxy) is 1. The van der Waals surface area contributed by atoms with Gasteiger partial charge in [-0.3, -0.25) is 4.90 Å². The number of likely N-dealkylation sites (tertiary alicyclic amines) is 1. The second kappa shape index (κ2) is 4.29. The van der Waals surface area contributed by atoms with E-state index in [1.54, 1.807) is 12.3 Å². The van der Waals surface area contributed by atoms with Crippen molar-refractivity contribution in [2.75, 3.05) is 25.4 Å². The van der Waals surface area contributed by atoms with Gasteiger partial charge in [0.15, 0.2) is 0 Å². The number of pyridine rings is 1. The van der Waals surface area contributed by atoms with Gasteiger partial charge in [0, 0.05) is 6.54 Å². The molecule has 2 N–H and O–H groups in total. The summed E-state index contributed by atoms with van der Waals surface area (Å²) in [5.41, 5.74) is 5.34. The number of hydrogen-bond donors (Lipinski definition) is 1. The van der Waals surface area contributed by atoms with Gasteiger partial charge in [0.1, 0.15) is 17.2 Å². The molecule has 0 unspecified atom stereocenters. The molecule has 0 aliphatic carbocycles. The molecule has 1 fully saturated rings. The third-order valence-electron chi connectivity index (χ3n) is 2.71. The van der Waals surface area contributed by atoms with Crippen LogP contribution >= 0.6 is 0 Å². The zero-order valence-corrected chi connectivity index (χ0v) is 9.94. The molecule has 0 radical (unpaired) electrons. The maximum absolute atomic E-state index is 5.90. The summed E-state index contributed by atoms with van der Waals surface area (Å²) in [4.78, 5) is 6.41. The fourth-order valence-electron chi connectivity index (χ4n) is 1.88. The maximum atomic E-state index is 5.90. The molecule has 0 spiro atoms. The normalized spacial score (nSPS) is 16.9. The minimum absolute atomic E-state index is 0.182. The Kier molecular flexibility index (Phi) is 3.01. The predicted octanol–water partition coefficient (Wildman–Crippen LogP) is 1.53. The summed E-state index contributed by atoms with van der Waals surface area (Å²) < 4.78 is 5.90. The first-order valence-electron chi connectivity index (χ1n) is 5.68. The van der Waals surface area contributed by atoms with E-state index in [1.807, 2.05) is 6.07 Å². The van der Waals surface area contributed by atoms with Crippen LogP contribution in [0.25, 0.3) is 0 Å². The molecule has 1 aromatic heterocycles. The molecule has 2 heterocycles. The molecule has 0 amide bonds. The minimum atomic E-state index is -0.182. The highest BCUT2D eigenvalue weighted by atomic mass is 16.5. The lowest BCUT2D eigenvalue weighted by Gasteiger charge is -2.38. The van der Waals surface area contributed by atoms with Crippen LogP contribution in [0, 0.1) is 0 Å². The highest BCUT2D eigenvalue weighted by Crippen LogP contribution is 2.20. The van der Waals surface area contributed by atoms with Crippen LogP contribution in [0.5, 0.6) is 5.75 Å². The molecule has 88 valence electrons. The highest BCUT2D eigenvalue weighted by Gasteiger charge is 2.26. The van der Waals surface area contributed by atoms with Crippen molar-refractivity contribution in [2.45, 2.75) is 25.9 Å². The van der Waals surface area contributed by atoms with E-state index >= 15 is 0 Å². The Balaban J connectivity index is 1.93. The fourth-order valence-corrected chi connectivity index (χ4v) is 1.88. The number of nitrogen functional groups attached to an aromatic ring is 1. The van der Waals surface area contributed by atoms with Crippen LogP contribution in [0.1, 0.15) is 20.3 Å². The summed E-state index contributed by atoms with van der Waals surface area (Å²) in [6.07, 6.45) is 2.98. The smallest absolute Gasteiger partial charge is 0.138 e. The molecule has 1 aliphatic heterocycles. The number of hydrogen-bond acceptors (Lipinski definition) is 4. The van der Waals surface area contributed by atoms with E-state index in [0.29, 0.717) is 5.82 Å². The Morgan fingerprint density at radius 1 is 1.44 bits per heavy atom. The largest absolute Gasteiger partial charge is 0.485 e. The van der Waals surface area contributed by atoms with Gasteiger partial charge < -0.3 is 10.5 Å². The molecule has 0 bridgehead atoms. The van der Waals surface area contributed by atoms with Gasteiger partial charge in [-0.15, -0.1) is 0 Å². The number of nitrogens with two attached hydrogens (primary N) is 1. The number of rotatable bonds is 4. The van der Waals surface area contributed by atoms with Crippen LogP contribution < -0.4 is 10.5 Å². The average Bonchev–Trinajstić information content (AvgIpc) is 2.16. The summed E-state index contributed by atoms with van der Waals surface area (Å²) in [5.74, 6) is 1.30. The lowest BCUT2D eigenvalue weighted by Crippen LogP contribution is -2.48. The van der Waals surface area contributed by atoms with E-state index in [2.05, 4.69) is 23.7 Å². The Hall–Kier alpha value is -1.29. The number of nitrogens with zero attached hydrogens (tertiary/aromatic N) is 2. The van der Waals surface area contributed by atoms with Crippen LogP contribution in [0.15, 0.2) is 18.3 Å². The van der Waals surface area contributed by atoms with Gasteiger partial charge in [-0.05, 0) is 45.5 Å². The third-order valence-corrected chi connectivity index (χ3v) is 2.71. The summed E-state index contributed by atoms with van der Waals surface area (Å²) >= 11 is 0. The molecule has 2 rings (SSSR count). The summed E-state index contributed by atoms with van der Waals surface area (Å²) in [6, 6.07) is 3.62. The monoisotopic (exact) mass is 221 g/mol. The molecular weight excluding hydrogens is 202 g/mol. The SMILES string of the molecule is CC(C)(CN1CCC1)Oc1ccc(N)nc1. The molecule has 4 nitrogen and oxygen atoms in total. The van der Waals surface area contributed by atoms with Crippen molar-refractivity contribution < 1.29 is 4.74 Å². The van der Waals surface area contributed by atoms with E-state index in [-0.39, 0.29) is 5.60 Å². The summed E-state index contributed by atoms with van der Waals surface area (Å²) in [5, 5.41) is 0. The lowest BCUT2D eigenvalue weighted by atomic mass is 10.1. The van der Waals surface area contributed by atoms with Crippen molar-refractivity contribution in [3.05, 3.63) is 18.3 Å². The van der Waals surface area contributed by atoms with Crippen molar-refractivity contribution >= 4 is 5.82 Å². The second-order valence-corrected chi connectivity index (χ2v) is 4.91. The molecule has 0 saturated carbocycles. The maximum Gasteiger partial charge on any atom is 0.138 e. The van der Waals surface area contributed by atoms with E-state index in [9.17, 15) is 0 Å². The van der Waals surface area contributed by atoms with Crippen LogP contribution in [0.4, 0.5) is 5.82 Å². The Morgan fingerprint density at radius 3 is 2.69 bits per heavy atom. The molecule has 0 atom stereocenters. The summed E-state index contributed by atoms with van der Waals surface area (Å²) in [6.45, 7) is 7.53. The first-order chi connectivity index (χ1) is 7.55. The Labute approximate surface area is 96.4 Å². The second-order valence-electron chi connectivity index (χ2n) is 4.91. The fraction of sp³-hybridized carbons (Fsp3) is 0.583. The minimum Gasteiger partial charge on any atom is -0.485 e. The quantitative estimate of drug-likeness (QED) is 0.837. The van der Waals surface area contributed by atoms with Gasteiger partial charge in [-0.1, -0.05) is 0 Å². The lowest BCUT2D eigenvalue weighted by molar-refractivity contribution is 0.0350.